The molecule has 1 nitrogen and oxygen atoms in total. The molecule has 1 aromatic carbocycles. The molecule has 0 amide bonds. The summed E-state index contributed by atoms with van der Waals surface area (Å²) in [7, 11) is 0. The molecule has 1 aromatic rings. The molecule has 0 heterocycles. The molecule has 0 saturated carbocycles. The maximum Gasteiger partial charge on any atom is 0.0912 e. The highest BCUT2D eigenvalue weighted by Crippen LogP contribution is 2.15. The van der Waals surface area contributed by atoms with Gasteiger partial charge in [-0.1, -0.05) is 29.8 Å². The number of halogens is 1. The lowest BCUT2D eigenvalue weighted by Crippen LogP contribution is -1.71. The second-order valence-corrected chi connectivity index (χ2v) is 2.39. The molecule has 0 fully saturated rings. The standard InChI is InChI=1S/C9H6ClN/c10-9-6-2-1-4-8(9)5-3-7-11/h1-6H/b5-3+. The minimum Gasteiger partial charge on any atom is -0.193 e. The van der Waals surface area contributed by atoms with Crippen LogP contribution in [0.2, 0.25) is 5.02 Å². The van der Waals surface area contributed by atoms with Gasteiger partial charge in [0.05, 0.1) is 6.07 Å². The highest BCUT2D eigenvalue weighted by atomic mass is 35.5. The number of hydrogen-bond donors (Lipinski definition) is 0. The molecule has 0 unspecified atom stereocenters. The second kappa shape index (κ2) is 3.80. The number of nitrogens with zero attached hydrogens (tertiary/aromatic N) is 1. The third-order valence-corrected chi connectivity index (χ3v) is 1.59. The van der Waals surface area contributed by atoms with Crippen molar-refractivity contribution in [2.24, 2.45) is 0 Å². The van der Waals surface area contributed by atoms with Crippen LogP contribution in [0.3, 0.4) is 0 Å². The molecular formula is C9H6ClN. The average Bonchev–Trinajstić information content (AvgIpc) is 2.03. The first-order chi connectivity index (χ1) is 5.34. The third kappa shape index (κ3) is 2.10. The van der Waals surface area contributed by atoms with Crippen LogP contribution < -0.4 is 0 Å². The van der Waals surface area contributed by atoms with Crippen molar-refractivity contribution in [2.75, 3.05) is 0 Å². The van der Waals surface area contributed by atoms with Gasteiger partial charge in [0, 0.05) is 11.1 Å². The maximum absolute atomic E-state index is 8.24. The minimum absolute atomic E-state index is 0.666. The minimum atomic E-state index is 0.666. The van der Waals surface area contributed by atoms with Crippen LogP contribution in [0.25, 0.3) is 6.08 Å². The van der Waals surface area contributed by atoms with Gasteiger partial charge in [-0.2, -0.15) is 5.26 Å². The largest absolute Gasteiger partial charge is 0.193 e. The average molecular weight is 164 g/mol. The lowest BCUT2D eigenvalue weighted by Gasteiger charge is -1.93. The summed E-state index contributed by atoms with van der Waals surface area (Å²) in [6.45, 7) is 0. The Kier molecular flexibility index (Phi) is 2.71. The van der Waals surface area contributed by atoms with Crippen LogP contribution >= 0.6 is 11.6 Å². The molecule has 0 aliphatic rings. The van der Waals surface area contributed by atoms with E-state index in [0.717, 1.165) is 5.56 Å². The zero-order chi connectivity index (χ0) is 8.10. The molecule has 0 aliphatic carbocycles. The molecule has 0 bridgehead atoms. The molecule has 1 rings (SSSR count). The van der Waals surface area contributed by atoms with Gasteiger partial charge in [0.2, 0.25) is 0 Å². The first-order valence-corrected chi connectivity index (χ1v) is 3.53. The fraction of sp³-hybridized carbons (Fsp3) is 0. The quantitative estimate of drug-likeness (QED) is 0.584. The van der Waals surface area contributed by atoms with E-state index in [0.29, 0.717) is 5.02 Å². The van der Waals surface area contributed by atoms with Crippen molar-refractivity contribution in [1.29, 1.82) is 5.26 Å². The lowest BCUT2D eigenvalue weighted by molar-refractivity contribution is 1.54. The van der Waals surface area contributed by atoms with Crippen molar-refractivity contribution >= 4 is 17.7 Å². The van der Waals surface area contributed by atoms with Gasteiger partial charge in [0.15, 0.2) is 0 Å². The van der Waals surface area contributed by atoms with E-state index in [1.54, 1.807) is 12.1 Å². The number of benzene rings is 1. The van der Waals surface area contributed by atoms with Crippen molar-refractivity contribution in [2.45, 2.75) is 0 Å². The van der Waals surface area contributed by atoms with Crippen LogP contribution in [0.4, 0.5) is 0 Å². The molecule has 0 radical (unpaired) electrons. The van der Waals surface area contributed by atoms with E-state index in [2.05, 4.69) is 0 Å². The van der Waals surface area contributed by atoms with E-state index in [1.165, 1.54) is 6.08 Å². The van der Waals surface area contributed by atoms with Crippen molar-refractivity contribution in [3.63, 3.8) is 0 Å². The van der Waals surface area contributed by atoms with E-state index in [-0.39, 0.29) is 0 Å². The monoisotopic (exact) mass is 163 g/mol. The van der Waals surface area contributed by atoms with Crippen molar-refractivity contribution in [1.82, 2.24) is 0 Å². The topological polar surface area (TPSA) is 23.8 Å². The Morgan fingerprint density at radius 2 is 2.09 bits per heavy atom. The van der Waals surface area contributed by atoms with Crippen LogP contribution in [0.5, 0.6) is 0 Å². The summed E-state index contributed by atoms with van der Waals surface area (Å²) in [6.07, 6.45) is 3.09. The summed E-state index contributed by atoms with van der Waals surface area (Å²) in [5.41, 5.74) is 0.871. The smallest absolute Gasteiger partial charge is 0.0912 e. The summed E-state index contributed by atoms with van der Waals surface area (Å²) in [5, 5.41) is 8.90. The fourth-order valence-electron chi connectivity index (χ4n) is 0.737. The van der Waals surface area contributed by atoms with E-state index in [9.17, 15) is 0 Å². The number of rotatable bonds is 1. The van der Waals surface area contributed by atoms with Crippen LogP contribution in [0.15, 0.2) is 30.3 Å². The first kappa shape index (κ1) is 7.84. The molecular weight excluding hydrogens is 158 g/mol. The Hall–Kier alpha value is -1.26. The summed E-state index contributed by atoms with van der Waals surface area (Å²) in [4.78, 5) is 0. The molecule has 0 spiro atoms. The number of allylic oxidation sites excluding steroid dienone is 1. The molecule has 11 heavy (non-hydrogen) atoms. The molecule has 0 saturated heterocycles. The van der Waals surface area contributed by atoms with E-state index >= 15 is 0 Å². The Morgan fingerprint density at radius 1 is 1.36 bits per heavy atom. The maximum atomic E-state index is 8.24. The van der Waals surface area contributed by atoms with Crippen LogP contribution in [-0.4, -0.2) is 0 Å². The zero-order valence-corrected chi connectivity index (χ0v) is 6.55. The first-order valence-electron chi connectivity index (χ1n) is 3.15. The molecule has 0 aliphatic heterocycles. The van der Waals surface area contributed by atoms with Gasteiger partial charge in [-0.25, -0.2) is 0 Å². The van der Waals surface area contributed by atoms with Crippen LogP contribution in [0.1, 0.15) is 5.56 Å². The van der Waals surface area contributed by atoms with Crippen molar-refractivity contribution in [3.05, 3.63) is 40.9 Å². The van der Waals surface area contributed by atoms with E-state index in [4.69, 9.17) is 16.9 Å². The van der Waals surface area contributed by atoms with E-state index in [1.807, 2.05) is 24.3 Å². The Morgan fingerprint density at radius 3 is 2.73 bits per heavy atom. The molecule has 54 valence electrons. The van der Waals surface area contributed by atoms with Gasteiger partial charge in [-0.15, -0.1) is 0 Å². The molecule has 0 atom stereocenters. The zero-order valence-electron chi connectivity index (χ0n) is 5.79. The SMILES string of the molecule is N#C/C=C/c1ccccc1Cl. The number of hydrogen-bond acceptors (Lipinski definition) is 1. The Bertz CT molecular complexity index is 310. The van der Waals surface area contributed by atoms with Gasteiger partial charge < -0.3 is 0 Å². The van der Waals surface area contributed by atoms with Crippen molar-refractivity contribution < 1.29 is 0 Å². The summed E-state index contributed by atoms with van der Waals surface area (Å²) >= 11 is 5.80. The highest BCUT2D eigenvalue weighted by molar-refractivity contribution is 6.32. The molecule has 0 N–H and O–H groups in total. The Balaban J connectivity index is 2.97. The van der Waals surface area contributed by atoms with Gasteiger partial charge in [0.1, 0.15) is 0 Å². The highest BCUT2D eigenvalue weighted by Gasteiger charge is 1.91. The summed E-state index contributed by atoms with van der Waals surface area (Å²) in [5.74, 6) is 0. The number of nitriles is 1. The van der Waals surface area contributed by atoms with Gasteiger partial charge >= 0.3 is 0 Å². The summed E-state index contributed by atoms with van der Waals surface area (Å²) < 4.78 is 0. The predicted molar refractivity (Wildman–Crippen MR) is 46.1 cm³/mol. The van der Waals surface area contributed by atoms with Gasteiger partial charge in [-0.3, -0.25) is 0 Å². The predicted octanol–water partition coefficient (Wildman–Crippen LogP) is 2.88. The van der Waals surface area contributed by atoms with Gasteiger partial charge in [0.25, 0.3) is 0 Å². The van der Waals surface area contributed by atoms with Crippen LogP contribution in [0, 0.1) is 11.3 Å². The lowest BCUT2D eigenvalue weighted by atomic mass is 10.2. The van der Waals surface area contributed by atoms with Gasteiger partial charge in [-0.05, 0) is 17.7 Å². The summed E-state index contributed by atoms with van der Waals surface area (Å²) in [6, 6.07) is 9.28. The van der Waals surface area contributed by atoms with Crippen LogP contribution in [-0.2, 0) is 0 Å². The van der Waals surface area contributed by atoms with E-state index < -0.39 is 0 Å². The normalized spacial score (nSPS) is 9.82. The second-order valence-electron chi connectivity index (χ2n) is 1.98. The van der Waals surface area contributed by atoms with Crippen molar-refractivity contribution in [3.8, 4) is 6.07 Å². The fourth-order valence-corrected chi connectivity index (χ4v) is 0.936. The third-order valence-electron chi connectivity index (χ3n) is 1.24. The molecule has 0 aromatic heterocycles. The Labute approximate surface area is 70.5 Å². The molecule has 2 heteroatoms.